The van der Waals surface area contributed by atoms with E-state index in [4.69, 9.17) is 0 Å². The van der Waals surface area contributed by atoms with E-state index in [2.05, 4.69) is 34.2 Å². The van der Waals surface area contributed by atoms with Crippen LogP contribution in [0.3, 0.4) is 0 Å². The Morgan fingerprint density at radius 2 is 2.35 bits per heavy atom. The molecule has 0 spiro atoms. The summed E-state index contributed by atoms with van der Waals surface area (Å²) in [5, 5.41) is 3.58. The third kappa shape index (κ3) is 3.48. The van der Waals surface area contributed by atoms with Crippen LogP contribution >= 0.6 is 0 Å². The van der Waals surface area contributed by atoms with Crippen LogP contribution in [-0.2, 0) is 0 Å². The highest BCUT2D eigenvalue weighted by molar-refractivity contribution is 5.01. The van der Waals surface area contributed by atoms with E-state index in [1.165, 1.54) is 19.3 Å². The fourth-order valence-corrected chi connectivity index (χ4v) is 2.34. The van der Waals surface area contributed by atoms with Crippen molar-refractivity contribution in [1.29, 1.82) is 0 Å². The summed E-state index contributed by atoms with van der Waals surface area (Å²) in [5.41, 5.74) is 1.05. The number of hydrogen-bond acceptors (Lipinski definition) is 4. The van der Waals surface area contributed by atoms with Crippen LogP contribution in [0.25, 0.3) is 0 Å². The zero-order valence-corrected chi connectivity index (χ0v) is 10.8. The third-order valence-electron chi connectivity index (χ3n) is 3.59. The van der Waals surface area contributed by atoms with Crippen molar-refractivity contribution >= 4 is 0 Å². The summed E-state index contributed by atoms with van der Waals surface area (Å²) in [4.78, 5) is 10.9. The van der Waals surface area contributed by atoms with E-state index in [9.17, 15) is 0 Å². The normalized spacial score (nSPS) is 22.6. The Kier molecular flexibility index (Phi) is 4.45. The molecule has 1 saturated heterocycles. The van der Waals surface area contributed by atoms with E-state index >= 15 is 0 Å². The summed E-state index contributed by atoms with van der Waals surface area (Å²) in [5.74, 6) is 0. The quantitative estimate of drug-likeness (QED) is 0.859. The molecule has 4 nitrogen and oxygen atoms in total. The van der Waals surface area contributed by atoms with Crippen molar-refractivity contribution in [2.24, 2.45) is 0 Å². The first-order chi connectivity index (χ1) is 8.27. The number of likely N-dealkylation sites (N-methyl/N-ethyl adjacent to an activating group) is 1. The van der Waals surface area contributed by atoms with Gasteiger partial charge in [0.15, 0.2) is 0 Å². The molecule has 2 atom stereocenters. The van der Waals surface area contributed by atoms with Crippen LogP contribution < -0.4 is 5.32 Å². The number of nitrogens with one attached hydrogen (secondary N) is 1. The molecule has 0 bridgehead atoms. The third-order valence-corrected chi connectivity index (χ3v) is 3.59. The van der Waals surface area contributed by atoms with Gasteiger partial charge in [-0.15, -0.1) is 0 Å². The fourth-order valence-electron chi connectivity index (χ4n) is 2.34. The minimum absolute atomic E-state index is 0.326. The first kappa shape index (κ1) is 12.5. The second-order valence-electron chi connectivity index (χ2n) is 4.89. The largest absolute Gasteiger partial charge is 0.313 e. The summed E-state index contributed by atoms with van der Waals surface area (Å²) < 4.78 is 0. The van der Waals surface area contributed by atoms with E-state index in [0.717, 1.165) is 18.8 Å². The van der Waals surface area contributed by atoms with E-state index in [1.807, 2.05) is 6.20 Å². The van der Waals surface area contributed by atoms with Crippen LogP contribution in [-0.4, -0.2) is 41.0 Å². The topological polar surface area (TPSA) is 41.1 Å². The van der Waals surface area contributed by atoms with E-state index in [0.29, 0.717) is 12.1 Å². The predicted molar refractivity (Wildman–Crippen MR) is 68.7 cm³/mol. The van der Waals surface area contributed by atoms with Crippen LogP contribution in [0.4, 0.5) is 0 Å². The van der Waals surface area contributed by atoms with Gasteiger partial charge in [-0.2, -0.15) is 0 Å². The predicted octanol–water partition coefficient (Wildman–Crippen LogP) is 1.61. The van der Waals surface area contributed by atoms with Crippen molar-refractivity contribution in [3.05, 3.63) is 24.3 Å². The van der Waals surface area contributed by atoms with Crippen LogP contribution in [0.2, 0.25) is 0 Å². The minimum atomic E-state index is 0.326. The summed E-state index contributed by atoms with van der Waals surface area (Å²) in [6, 6.07) is 0.959. The van der Waals surface area contributed by atoms with Crippen LogP contribution in [0.1, 0.15) is 37.9 Å². The molecule has 1 fully saturated rings. The standard InChI is InChI=1S/C13H22N4/c1-11(13-9-14-7-8-16-13)17(2)10-12-5-3-4-6-15-12/h7-9,11-12,15H,3-6,10H2,1-2H3/t11-,12-/m1/s1. The molecular formula is C13H22N4. The lowest BCUT2D eigenvalue weighted by molar-refractivity contribution is 0.211. The molecule has 0 amide bonds. The average molecular weight is 234 g/mol. The van der Waals surface area contributed by atoms with Gasteiger partial charge in [0, 0.05) is 31.2 Å². The summed E-state index contributed by atoms with van der Waals surface area (Å²) in [7, 11) is 2.16. The van der Waals surface area contributed by atoms with E-state index < -0.39 is 0 Å². The van der Waals surface area contributed by atoms with Gasteiger partial charge in [0.2, 0.25) is 0 Å². The highest BCUT2D eigenvalue weighted by Gasteiger charge is 2.19. The first-order valence-corrected chi connectivity index (χ1v) is 6.47. The second-order valence-corrected chi connectivity index (χ2v) is 4.89. The molecule has 0 aromatic carbocycles. The summed E-state index contributed by atoms with van der Waals surface area (Å²) >= 11 is 0. The molecule has 0 unspecified atom stereocenters. The molecule has 2 heterocycles. The highest BCUT2D eigenvalue weighted by atomic mass is 15.2. The number of nitrogens with zero attached hydrogens (tertiary/aromatic N) is 3. The van der Waals surface area contributed by atoms with Gasteiger partial charge in [-0.25, -0.2) is 0 Å². The molecule has 17 heavy (non-hydrogen) atoms. The van der Waals surface area contributed by atoms with Crippen molar-refractivity contribution in [2.45, 2.75) is 38.3 Å². The van der Waals surface area contributed by atoms with E-state index in [-0.39, 0.29) is 0 Å². The monoisotopic (exact) mass is 234 g/mol. The molecule has 1 aromatic heterocycles. The average Bonchev–Trinajstić information content (AvgIpc) is 2.40. The zero-order chi connectivity index (χ0) is 12.1. The van der Waals surface area contributed by atoms with Crippen molar-refractivity contribution in [3.8, 4) is 0 Å². The maximum Gasteiger partial charge on any atom is 0.0755 e. The second kappa shape index (κ2) is 6.07. The minimum Gasteiger partial charge on any atom is -0.313 e. The number of rotatable bonds is 4. The summed E-state index contributed by atoms with van der Waals surface area (Å²) in [6.07, 6.45) is 9.30. The van der Waals surface area contributed by atoms with E-state index in [1.54, 1.807) is 12.4 Å². The van der Waals surface area contributed by atoms with Gasteiger partial charge in [0.05, 0.1) is 11.7 Å². The Balaban J connectivity index is 1.88. The maximum absolute atomic E-state index is 4.37. The van der Waals surface area contributed by atoms with Crippen molar-refractivity contribution in [1.82, 2.24) is 20.2 Å². The van der Waals surface area contributed by atoms with Crippen LogP contribution in [0.15, 0.2) is 18.6 Å². The van der Waals surface area contributed by atoms with Gasteiger partial charge in [0.25, 0.3) is 0 Å². The smallest absolute Gasteiger partial charge is 0.0755 e. The highest BCUT2D eigenvalue weighted by Crippen LogP contribution is 2.17. The zero-order valence-electron chi connectivity index (χ0n) is 10.8. The molecule has 2 rings (SSSR count). The lowest BCUT2D eigenvalue weighted by Crippen LogP contribution is -2.43. The molecule has 1 aliphatic heterocycles. The Morgan fingerprint density at radius 3 is 3.00 bits per heavy atom. The van der Waals surface area contributed by atoms with Gasteiger partial charge in [0.1, 0.15) is 0 Å². The summed E-state index contributed by atoms with van der Waals surface area (Å²) in [6.45, 7) is 4.43. The number of piperidine rings is 1. The Bertz CT molecular complexity index is 321. The van der Waals surface area contributed by atoms with Gasteiger partial charge in [-0.05, 0) is 33.4 Å². The molecule has 1 N–H and O–H groups in total. The molecule has 1 aliphatic rings. The maximum atomic E-state index is 4.37. The van der Waals surface area contributed by atoms with Gasteiger partial charge in [-0.1, -0.05) is 6.42 Å². The molecule has 0 radical (unpaired) electrons. The SMILES string of the molecule is C[C@H](c1cnccn1)N(C)C[C@H]1CCCCN1. The Labute approximate surface area is 103 Å². The van der Waals surface area contributed by atoms with Crippen LogP contribution in [0, 0.1) is 0 Å². The number of hydrogen-bond donors (Lipinski definition) is 1. The van der Waals surface area contributed by atoms with Crippen LogP contribution in [0.5, 0.6) is 0 Å². The van der Waals surface area contributed by atoms with Crippen molar-refractivity contribution in [3.63, 3.8) is 0 Å². The van der Waals surface area contributed by atoms with Crippen molar-refractivity contribution < 1.29 is 0 Å². The molecule has 4 heteroatoms. The molecular weight excluding hydrogens is 212 g/mol. The fraction of sp³-hybridized carbons (Fsp3) is 0.692. The number of aromatic nitrogens is 2. The molecule has 94 valence electrons. The van der Waals surface area contributed by atoms with Gasteiger partial charge < -0.3 is 5.32 Å². The molecule has 0 saturated carbocycles. The Morgan fingerprint density at radius 1 is 1.47 bits per heavy atom. The van der Waals surface area contributed by atoms with Gasteiger partial charge in [-0.3, -0.25) is 14.9 Å². The molecule has 1 aromatic rings. The first-order valence-electron chi connectivity index (χ1n) is 6.47. The van der Waals surface area contributed by atoms with Crippen molar-refractivity contribution in [2.75, 3.05) is 20.1 Å². The lowest BCUT2D eigenvalue weighted by Gasteiger charge is -2.31. The molecule has 0 aliphatic carbocycles. The Hall–Kier alpha value is -1.00. The van der Waals surface area contributed by atoms with Gasteiger partial charge >= 0.3 is 0 Å². The lowest BCUT2D eigenvalue weighted by atomic mass is 10.0.